The number of phenols is 1. The Bertz CT molecular complexity index is 590. The first-order chi connectivity index (χ1) is 8.66. The largest absolute Gasteiger partial charge is 0.508 e. The molecule has 1 heterocycles. The molecule has 2 N–H and O–H groups in total. The average Bonchev–Trinajstić information content (AvgIpc) is 2.75. The lowest BCUT2D eigenvalue weighted by molar-refractivity contribution is 0.0954. The van der Waals surface area contributed by atoms with E-state index in [9.17, 15) is 9.90 Å². The van der Waals surface area contributed by atoms with Crippen molar-refractivity contribution in [3.05, 3.63) is 51.7 Å². The molecule has 0 bridgehead atoms. The van der Waals surface area contributed by atoms with Gasteiger partial charge < -0.3 is 5.11 Å². The summed E-state index contributed by atoms with van der Waals surface area (Å²) >= 11 is 1.56. The number of amides is 1. The van der Waals surface area contributed by atoms with Crippen molar-refractivity contribution in [2.24, 2.45) is 5.10 Å². The summed E-state index contributed by atoms with van der Waals surface area (Å²) in [6.45, 7) is 1.98. The summed E-state index contributed by atoms with van der Waals surface area (Å²) in [7, 11) is 0. The van der Waals surface area contributed by atoms with Crippen molar-refractivity contribution >= 4 is 23.5 Å². The van der Waals surface area contributed by atoms with Crippen LogP contribution < -0.4 is 5.43 Å². The second kappa shape index (κ2) is 5.46. The molecule has 0 atom stereocenters. The van der Waals surface area contributed by atoms with Crippen LogP contribution in [0.2, 0.25) is 0 Å². The molecule has 0 aliphatic rings. The number of phenolic OH excluding ortho intramolecular Hbond substituents is 1. The van der Waals surface area contributed by atoms with E-state index >= 15 is 0 Å². The van der Waals surface area contributed by atoms with E-state index in [1.165, 1.54) is 12.1 Å². The fourth-order valence-electron chi connectivity index (χ4n) is 1.38. The molecule has 0 saturated carbocycles. The van der Waals surface area contributed by atoms with Gasteiger partial charge in [0.05, 0.1) is 6.21 Å². The summed E-state index contributed by atoms with van der Waals surface area (Å²) in [5, 5.41) is 15.1. The van der Waals surface area contributed by atoms with Crippen molar-refractivity contribution in [3.63, 3.8) is 0 Å². The minimum atomic E-state index is -0.351. The maximum absolute atomic E-state index is 11.7. The molecule has 2 aromatic rings. The molecule has 0 radical (unpaired) electrons. The molecule has 4 nitrogen and oxygen atoms in total. The highest BCUT2D eigenvalue weighted by Gasteiger charge is 2.04. The lowest BCUT2D eigenvalue weighted by Crippen LogP contribution is -2.17. The fraction of sp³-hybridized carbons (Fsp3) is 0.0769. The summed E-state index contributed by atoms with van der Waals surface area (Å²) in [6.07, 6.45) is 1.61. The predicted molar refractivity (Wildman–Crippen MR) is 72.2 cm³/mol. The predicted octanol–water partition coefficient (Wildman–Crippen LogP) is 2.53. The minimum Gasteiger partial charge on any atom is -0.508 e. The number of aromatic hydroxyl groups is 1. The Morgan fingerprint density at radius 2 is 2.28 bits per heavy atom. The SMILES string of the molecule is Cc1ccsc1/C=N/NC(=O)c1cccc(O)c1. The molecule has 0 saturated heterocycles. The van der Waals surface area contributed by atoms with Crippen LogP contribution in [0.25, 0.3) is 0 Å². The van der Waals surface area contributed by atoms with Gasteiger partial charge in [-0.05, 0) is 42.1 Å². The van der Waals surface area contributed by atoms with Gasteiger partial charge in [-0.15, -0.1) is 11.3 Å². The lowest BCUT2D eigenvalue weighted by atomic mass is 10.2. The number of aryl methyl sites for hydroxylation is 1. The van der Waals surface area contributed by atoms with E-state index in [0.29, 0.717) is 5.56 Å². The van der Waals surface area contributed by atoms with Crippen molar-refractivity contribution in [3.8, 4) is 5.75 Å². The van der Waals surface area contributed by atoms with E-state index in [2.05, 4.69) is 10.5 Å². The van der Waals surface area contributed by atoms with Crippen LogP contribution in [0.15, 0.2) is 40.8 Å². The van der Waals surface area contributed by atoms with Crippen LogP contribution in [0.4, 0.5) is 0 Å². The summed E-state index contributed by atoms with van der Waals surface area (Å²) < 4.78 is 0. The Labute approximate surface area is 109 Å². The van der Waals surface area contributed by atoms with Gasteiger partial charge >= 0.3 is 0 Å². The van der Waals surface area contributed by atoms with Gasteiger partial charge in [-0.1, -0.05) is 6.07 Å². The Morgan fingerprint density at radius 3 is 2.94 bits per heavy atom. The molecule has 18 heavy (non-hydrogen) atoms. The summed E-state index contributed by atoms with van der Waals surface area (Å²) in [5.41, 5.74) is 3.91. The topological polar surface area (TPSA) is 61.7 Å². The molecule has 1 aromatic carbocycles. The van der Waals surface area contributed by atoms with Crippen LogP contribution in [-0.2, 0) is 0 Å². The van der Waals surface area contributed by atoms with Gasteiger partial charge in [-0.2, -0.15) is 5.10 Å². The van der Waals surface area contributed by atoms with Crippen LogP contribution in [-0.4, -0.2) is 17.2 Å². The van der Waals surface area contributed by atoms with Crippen molar-refractivity contribution in [2.75, 3.05) is 0 Å². The van der Waals surface area contributed by atoms with Crippen LogP contribution in [0, 0.1) is 6.92 Å². The Hall–Kier alpha value is -2.14. The molecule has 0 fully saturated rings. The molecule has 0 aliphatic heterocycles. The van der Waals surface area contributed by atoms with E-state index < -0.39 is 0 Å². The number of thiophene rings is 1. The number of hydrazone groups is 1. The number of benzene rings is 1. The molecular weight excluding hydrogens is 248 g/mol. The van der Waals surface area contributed by atoms with E-state index in [0.717, 1.165) is 10.4 Å². The highest BCUT2D eigenvalue weighted by Crippen LogP contribution is 2.12. The average molecular weight is 260 g/mol. The fourth-order valence-corrected chi connectivity index (χ4v) is 2.16. The molecule has 0 unspecified atom stereocenters. The lowest BCUT2D eigenvalue weighted by Gasteiger charge is -1.99. The van der Waals surface area contributed by atoms with Crippen molar-refractivity contribution in [2.45, 2.75) is 6.92 Å². The summed E-state index contributed by atoms with van der Waals surface area (Å²) in [4.78, 5) is 12.7. The molecule has 5 heteroatoms. The maximum Gasteiger partial charge on any atom is 0.271 e. The van der Waals surface area contributed by atoms with Crippen LogP contribution in [0.5, 0.6) is 5.75 Å². The van der Waals surface area contributed by atoms with E-state index in [-0.39, 0.29) is 11.7 Å². The third-order valence-corrected chi connectivity index (χ3v) is 3.31. The molecule has 92 valence electrons. The number of carbonyl (C=O) groups excluding carboxylic acids is 1. The zero-order valence-electron chi connectivity index (χ0n) is 9.75. The second-order valence-electron chi connectivity index (χ2n) is 3.72. The first-order valence-electron chi connectivity index (χ1n) is 5.33. The quantitative estimate of drug-likeness (QED) is 0.658. The van der Waals surface area contributed by atoms with Gasteiger partial charge in [0.2, 0.25) is 0 Å². The Balaban J connectivity index is 2.01. The van der Waals surface area contributed by atoms with Crippen LogP contribution in [0.1, 0.15) is 20.8 Å². The van der Waals surface area contributed by atoms with Crippen molar-refractivity contribution in [1.82, 2.24) is 5.43 Å². The van der Waals surface area contributed by atoms with Gasteiger partial charge in [0.1, 0.15) is 5.75 Å². The third kappa shape index (κ3) is 2.95. The van der Waals surface area contributed by atoms with E-state index in [4.69, 9.17) is 0 Å². The number of nitrogens with zero attached hydrogens (tertiary/aromatic N) is 1. The minimum absolute atomic E-state index is 0.0562. The first-order valence-corrected chi connectivity index (χ1v) is 6.21. The van der Waals surface area contributed by atoms with Gasteiger partial charge in [-0.25, -0.2) is 5.43 Å². The Morgan fingerprint density at radius 1 is 1.44 bits per heavy atom. The normalized spacial score (nSPS) is 10.7. The third-order valence-electron chi connectivity index (χ3n) is 2.36. The highest BCUT2D eigenvalue weighted by atomic mass is 32.1. The van der Waals surface area contributed by atoms with E-state index in [1.54, 1.807) is 29.7 Å². The monoisotopic (exact) mass is 260 g/mol. The number of nitrogens with one attached hydrogen (secondary N) is 1. The van der Waals surface area contributed by atoms with Gasteiger partial charge in [0.25, 0.3) is 5.91 Å². The van der Waals surface area contributed by atoms with Crippen LogP contribution >= 0.6 is 11.3 Å². The van der Waals surface area contributed by atoms with Crippen LogP contribution in [0.3, 0.4) is 0 Å². The molecule has 0 aliphatic carbocycles. The molecule has 0 spiro atoms. The zero-order valence-corrected chi connectivity index (χ0v) is 10.6. The number of hydrogen-bond donors (Lipinski definition) is 2. The van der Waals surface area contributed by atoms with Gasteiger partial charge in [0, 0.05) is 10.4 Å². The Kier molecular flexibility index (Phi) is 3.74. The zero-order chi connectivity index (χ0) is 13.0. The summed E-state index contributed by atoms with van der Waals surface area (Å²) in [5.74, 6) is -0.294. The maximum atomic E-state index is 11.7. The van der Waals surface area contributed by atoms with Crippen molar-refractivity contribution in [1.29, 1.82) is 0 Å². The number of hydrogen-bond acceptors (Lipinski definition) is 4. The van der Waals surface area contributed by atoms with Gasteiger partial charge in [-0.3, -0.25) is 4.79 Å². The standard InChI is InChI=1S/C13H12N2O2S/c1-9-5-6-18-12(9)8-14-15-13(17)10-3-2-4-11(16)7-10/h2-8,16H,1H3,(H,15,17)/b14-8+. The molecule has 1 amide bonds. The molecule has 2 rings (SSSR count). The molecule has 1 aromatic heterocycles. The number of carbonyl (C=O) groups is 1. The second-order valence-corrected chi connectivity index (χ2v) is 4.67. The highest BCUT2D eigenvalue weighted by molar-refractivity contribution is 7.11. The van der Waals surface area contributed by atoms with Gasteiger partial charge in [0.15, 0.2) is 0 Å². The number of rotatable bonds is 3. The van der Waals surface area contributed by atoms with E-state index in [1.807, 2.05) is 18.4 Å². The summed E-state index contributed by atoms with van der Waals surface area (Å²) in [6, 6.07) is 8.11. The first kappa shape index (κ1) is 12.3. The molecular formula is C13H12N2O2S. The van der Waals surface area contributed by atoms with Crippen molar-refractivity contribution < 1.29 is 9.90 Å². The smallest absolute Gasteiger partial charge is 0.271 e.